The molecule has 0 fully saturated rings. The Labute approximate surface area is 154 Å². The lowest BCUT2D eigenvalue weighted by Gasteiger charge is -2.36. The molecule has 0 saturated heterocycles. The zero-order valence-corrected chi connectivity index (χ0v) is 14.8. The first kappa shape index (κ1) is 17.8. The van der Waals surface area contributed by atoms with Crippen LogP contribution >= 0.6 is 0 Å². The summed E-state index contributed by atoms with van der Waals surface area (Å²) in [6, 6.07) is 10.6. The van der Waals surface area contributed by atoms with Crippen molar-refractivity contribution in [2.45, 2.75) is 17.5 Å². The van der Waals surface area contributed by atoms with Gasteiger partial charge < -0.3 is 4.57 Å². The number of nitrogens with zero attached hydrogens (tertiary/aromatic N) is 2. The van der Waals surface area contributed by atoms with E-state index >= 15 is 0 Å². The Bertz CT molecular complexity index is 1090. The minimum absolute atomic E-state index is 0.0588. The van der Waals surface area contributed by atoms with Gasteiger partial charge in [-0.05, 0) is 54.1 Å². The van der Waals surface area contributed by atoms with Gasteiger partial charge in [0.2, 0.25) is 10.0 Å². The molecule has 0 spiro atoms. The van der Waals surface area contributed by atoms with Gasteiger partial charge >= 0.3 is 0 Å². The van der Waals surface area contributed by atoms with Crippen LogP contribution in [0.4, 0.5) is 13.2 Å². The van der Waals surface area contributed by atoms with Crippen LogP contribution in [0.5, 0.6) is 0 Å². The van der Waals surface area contributed by atoms with Crippen LogP contribution in [-0.2, 0) is 16.6 Å². The molecule has 0 bridgehead atoms. The summed E-state index contributed by atoms with van der Waals surface area (Å²) in [6.45, 7) is 0.563. The van der Waals surface area contributed by atoms with Crippen molar-refractivity contribution in [1.82, 2.24) is 8.87 Å². The molecule has 3 aromatic rings. The third-order valence-electron chi connectivity index (χ3n) is 4.67. The van der Waals surface area contributed by atoms with Gasteiger partial charge in [-0.15, -0.1) is 0 Å². The smallest absolute Gasteiger partial charge is 0.244 e. The summed E-state index contributed by atoms with van der Waals surface area (Å²) in [5, 5.41) is 0. The molecule has 4 rings (SSSR count). The maximum atomic E-state index is 13.8. The minimum Gasteiger partial charge on any atom is -0.348 e. The van der Waals surface area contributed by atoms with Gasteiger partial charge in [-0.1, -0.05) is 6.07 Å². The third kappa shape index (κ3) is 3.04. The van der Waals surface area contributed by atoms with E-state index in [1.807, 2.05) is 10.8 Å². The normalized spacial score (nSPS) is 17.7. The average Bonchev–Trinajstić information content (AvgIpc) is 3.12. The number of rotatable bonds is 3. The fourth-order valence-electron chi connectivity index (χ4n) is 3.38. The van der Waals surface area contributed by atoms with E-state index in [-0.39, 0.29) is 11.4 Å². The van der Waals surface area contributed by atoms with Crippen LogP contribution in [0.15, 0.2) is 65.7 Å². The first-order chi connectivity index (χ1) is 12.9. The summed E-state index contributed by atoms with van der Waals surface area (Å²) in [7, 11) is -3.98. The van der Waals surface area contributed by atoms with Crippen LogP contribution in [0.25, 0.3) is 0 Å². The Kier molecular flexibility index (Phi) is 4.32. The molecular formula is C19H15F3N2O2S. The average molecular weight is 392 g/mol. The lowest BCUT2D eigenvalue weighted by Crippen LogP contribution is -2.42. The fourth-order valence-corrected chi connectivity index (χ4v) is 4.96. The van der Waals surface area contributed by atoms with Gasteiger partial charge in [0.25, 0.3) is 0 Å². The topological polar surface area (TPSA) is 42.3 Å². The maximum Gasteiger partial charge on any atom is 0.244 e. The molecule has 4 nitrogen and oxygen atoms in total. The summed E-state index contributed by atoms with van der Waals surface area (Å²) in [5.74, 6) is -2.59. The molecule has 0 saturated carbocycles. The van der Waals surface area contributed by atoms with Crippen LogP contribution < -0.4 is 0 Å². The molecule has 8 heteroatoms. The quantitative estimate of drug-likeness (QED) is 0.682. The van der Waals surface area contributed by atoms with Crippen molar-refractivity contribution in [3.05, 3.63) is 89.5 Å². The Morgan fingerprint density at radius 2 is 1.63 bits per heavy atom. The van der Waals surface area contributed by atoms with Crippen molar-refractivity contribution in [2.75, 3.05) is 6.54 Å². The van der Waals surface area contributed by atoms with E-state index in [0.29, 0.717) is 17.8 Å². The summed E-state index contributed by atoms with van der Waals surface area (Å²) < 4.78 is 69.9. The third-order valence-corrected chi connectivity index (χ3v) is 6.55. The Morgan fingerprint density at radius 3 is 2.33 bits per heavy atom. The predicted octanol–water partition coefficient (Wildman–Crippen LogP) is 3.70. The molecule has 1 unspecified atom stereocenters. The van der Waals surface area contributed by atoms with Crippen molar-refractivity contribution < 1.29 is 21.6 Å². The first-order valence-electron chi connectivity index (χ1n) is 8.25. The highest BCUT2D eigenvalue weighted by molar-refractivity contribution is 7.89. The summed E-state index contributed by atoms with van der Waals surface area (Å²) in [5.41, 5.74) is 0.970. The van der Waals surface area contributed by atoms with Gasteiger partial charge in [-0.2, -0.15) is 4.31 Å². The molecule has 1 atom stereocenters. The molecule has 2 aromatic carbocycles. The molecule has 1 aliphatic heterocycles. The second kappa shape index (κ2) is 6.54. The second-order valence-electron chi connectivity index (χ2n) is 6.27. The van der Waals surface area contributed by atoms with Crippen molar-refractivity contribution in [1.29, 1.82) is 0 Å². The Balaban J connectivity index is 1.85. The summed E-state index contributed by atoms with van der Waals surface area (Å²) in [4.78, 5) is -0.0588. The fraction of sp³-hybridized carbons (Fsp3) is 0.158. The van der Waals surface area contributed by atoms with Crippen molar-refractivity contribution >= 4 is 10.0 Å². The summed E-state index contributed by atoms with van der Waals surface area (Å²) in [6.07, 6.45) is 1.81. The summed E-state index contributed by atoms with van der Waals surface area (Å²) >= 11 is 0. The standard InChI is InChI=1S/C19H15F3N2O2S/c20-14-4-6-15(7-5-14)27(25,26)24-11-10-23-9-1-2-18(23)19(24)13-3-8-16(21)17(22)12-13/h1-9,12,19H,10-11H2. The molecule has 1 aliphatic rings. The van der Waals surface area contributed by atoms with Crippen LogP contribution in [0, 0.1) is 17.5 Å². The number of halogens is 3. The molecule has 0 radical (unpaired) electrons. The number of benzene rings is 2. The highest BCUT2D eigenvalue weighted by Crippen LogP contribution is 2.36. The van der Waals surface area contributed by atoms with Gasteiger partial charge in [-0.3, -0.25) is 0 Å². The molecule has 27 heavy (non-hydrogen) atoms. The van der Waals surface area contributed by atoms with Crippen molar-refractivity contribution in [3.63, 3.8) is 0 Å². The van der Waals surface area contributed by atoms with Gasteiger partial charge in [0, 0.05) is 25.0 Å². The molecule has 1 aromatic heterocycles. The van der Waals surface area contributed by atoms with Crippen LogP contribution in [-0.4, -0.2) is 23.8 Å². The van der Waals surface area contributed by atoms with Crippen LogP contribution in [0.2, 0.25) is 0 Å². The van der Waals surface area contributed by atoms with E-state index in [1.165, 1.54) is 22.5 Å². The maximum absolute atomic E-state index is 13.8. The lowest BCUT2D eigenvalue weighted by atomic mass is 10.0. The van der Waals surface area contributed by atoms with E-state index in [2.05, 4.69) is 0 Å². The van der Waals surface area contributed by atoms with E-state index in [0.717, 1.165) is 24.3 Å². The molecular weight excluding hydrogens is 377 g/mol. The van der Waals surface area contributed by atoms with Crippen molar-refractivity contribution in [3.8, 4) is 0 Å². The molecule has 0 amide bonds. The molecule has 0 N–H and O–H groups in total. The predicted molar refractivity (Wildman–Crippen MR) is 92.9 cm³/mol. The second-order valence-corrected chi connectivity index (χ2v) is 8.16. The number of sulfonamides is 1. The monoisotopic (exact) mass is 392 g/mol. The zero-order valence-electron chi connectivity index (χ0n) is 14.0. The van der Waals surface area contributed by atoms with Gasteiger partial charge in [0.15, 0.2) is 11.6 Å². The van der Waals surface area contributed by atoms with Crippen molar-refractivity contribution in [2.24, 2.45) is 0 Å². The SMILES string of the molecule is O=S(=O)(c1ccc(F)cc1)N1CCn2cccc2C1c1ccc(F)c(F)c1. The van der Waals surface area contributed by atoms with E-state index in [1.54, 1.807) is 12.1 Å². The Morgan fingerprint density at radius 1 is 0.889 bits per heavy atom. The van der Waals surface area contributed by atoms with Crippen LogP contribution in [0.1, 0.15) is 17.3 Å². The van der Waals surface area contributed by atoms with Gasteiger partial charge in [-0.25, -0.2) is 21.6 Å². The minimum atomic E-state index is -3.98. The van der Waals surface area contributed by atoms with Crippen LogP contribution in [0.3, 0.4) is 0 Å². The zero-order chi connectivity index (χ0) is 19.2. The lowest BCUT2D eigenvalue weighted by molar-refractivity contribution is 0.297. The molecule has 0 aliphatic carbocycles. The van der Waals surface area contributed by atoms with E-state index < -0.39 is 33.5 Å². The number of hydrogen-bond donors (Lipinski definition) is 0. The first-order valence-corrected chi connectivity index (χ1v) is 9.69. The van der Waals surface area contributed by atoms with Gasteiger partial charge in [0.05, 0.1) is 10.9 Å². The Hall–Kier alpha value is -2.58. The van der Waals surface area contributed by atoms with E-state index in [9.17, 15) is 21.6 Å². The number of fused-ring (bicyclic) bond motifs is 1. The number of hydrogen-bond acceptors (Lipinski definition) is 2. The highest BCUT2D eigenvalue weighted by atomic mass is 32.2. The molecule has 140 valence electrons. The largest absolute Gasteiger partial charge is 0.348 e. The highest BCUT2D eigenvalue weighted by Gasteiger charge is 2.37. The van der Waals surface area contributed by atoms with Gasteiger partial charge in [0.1, 0.15) is 5.82 Å². The number of aromatic nitrogens is 1. The molecule has 2 heterocycles. The van der Waals surface area contributed by atoms with E-state index in [4.69, 9.17) is 0 Å².